The lowest BCUT2D eigenvalue weighted by Gasteiger charge is -2.17. The first-order valence-corrected chi connectivity index (χ1v) is 8.46. The smallest absolute Gasteiger partial charge is 0.340 e. The van der Waals surface area contributed by atoms with Crippen LogP contribution in [0, 0.1) is 0 Å². The molecule has 1 amide bonds. The summed E-state index contributed by atoms with van der Waals surface area (Å²) in [6, 6.07) is 6.62. The molecule has 0 aromatic heterocycles. The van der Waals surface area contributed by atoms with E-state index < -0.39 is 11.9 Å². The van der Waals surface area contributed by atoms with E-state index in [4.69, 9.17) is 4.74 Å². The standard InChI is InChI=1S/C20H23NO5/c1-5-6-11-21-13(2)17(20(24)26-4)16(18(21)22)12-14-7-9-15(10-8-14)19(23)25-3/h7-10,12H,5-6,11H2,1-4H3. The summed E-state index contributed by atoms with van der Waals surface area (Å²) in [5.41, 5.74) is 2.30. The molecule has 138 valence electrons. The van der Waals surface area contributed by atoms with Crippen molar-refractivity contribution >= 4 is 23.9 Å². The fourth-order valence-corrected chi connectivity index (χ4v) is 2.81. The monoisotopic (exact) mass is 357 g/mol. The second-order valence-corrected chi connectivity index (χ2v) is 5.93. The normalized spacial score (nSPS) is 15.6. The molecule has 0 radical (unpaired) electrons. The molecule has 1 heterocycles. The van der Waals surface area contributed by atoms with Crippen molar-refractivity contribution in [3.05, 3.63) is 52.2 Å². The molecule has 2 rings (SSSR count). The summed E-state index contributed by atoms with van der Waals surface area (Å²) < 4.78 is 9.53. The summed E-state index contributed by atoms with van der Waals surface area (Å²) >= 11 is 0. The van der Waals surface area contributed by atoms with Gasteiger partial charge in [-0.1, -0.05) is 25.5 Å². The third-order valence-corrected chi connectivity index (χ3v) is 4.28. The number of amides is 1. The van der Waals surface area contributed by atoms with Gasteiger partial charge < -0.3 is 14.4 Å². The van der Waals surface area contributed by atoms with Gasteiger partial charge in [-0.15, -0.1) is 0 Å². The van der Waals surface area contributed by atoms with Gasteiger partial charge in [-0.2, -0.15) is 0 Å². The van der Waals surface area contributed by atoms with Gasteiger partial charge in [-0.25, -0.2) is 9.59 Å². The van der Waals surface area contributed by atoms with Gasteiger partial charge in [0.1, 0.15) is 0 Å². The number of unbranched alkanes of at least 4 members (excludes halogenated alkanes) is 1. The molecule has 1 aliphatic rings. The van der Waals surface area contributed by atoms with Gasteiger partial charge in [-0.05, 0) is 37.1 Å². The van der Waals surface area contributed by atoms with Crippen LogP contribution in [-0.2, 0) is 19.1 Å². The maximum Gasteiger partial charge on any atom is 0.340 e. The van der Waals surface area contributed by atoms with Crippen LogP contribution in [0.4, 0.5) is 0 Å². The van der Waals surface area contributed by atoms with Gasteiger partial charge >= 0.3 is 11.9 Å². The van der Waals surface area contributed by atoms with Crippen LogP contribution < -0.4 is 0 Å². The first-order valence-electron chi connectivity index (χ1n) is 8.46. The van der Waals surface area contributed by atoms with Crippen molar-refractivity contribution in [1.82, 2.24) is 4.90 Å². The van der Waals surface area contributed by atoms with E-state index in [0.29, 0.717) is 28.9 Å². The van der Waals surface area contributed by atoms with Crippen LogP contribution in [0.15, 0.2) is 41.1 Å². The second kappa shape index (κ2) is 8.47. The van der Waals surface area contributed by atoms with Crippen molar-refractivity contribution in [3.63, 3.8) is 0 Å². The SMILES string of the molecule is CCCCN1C(=O)C(=Cc2ccc(C(=O)OC)cc2)C(C(=O)OC)=C1C. The number of esters is 2. The zero-order chi connectivity index (χ0) is 19.3. The number of carbonyl (C=O) groups excluding carboxylic acids is 3. The van der Waals surface area contributed by atoms with Crippen molar-refractivity contribution in [2.24, 2.45) is 0 Å². The summed E-state index contributed by atoms with van der Waals surface area (Å²) in [6.07, 6.45) is 3.43. The van der Waals surface area contributed by atoms with Crippen LogP contribution in [-0.4, -0.2) is 43.5 Å². The minimum Gasteiger partial charge on any atom is -0.465 e. The van der Waals surface area contributed by atoms with Gasteiger partial charge in [-0.3, -0.25) is 4.79 Å². The quantitative estimate of drug-likeness (QED) is 0.578. The largest absolute Gasteiger partial charge is 0.465 e. The lowest BCUT2D eigenvalue weighted by molar-refractivity contribution is -0.136. The third kappa shape index (κ3) is 3.85. The molecule has 0 atom stereocenters. The van der Waals surface area contributed by atoms with E-state index in [1.165, 1.54) is 14.2 Å². The Morgan fingerprint density at radius 2 is 1.69 bits per heavy atom. The summed E-state index contributed by atoms with van der Waals surface area (Å²) in [5.74, 6) is -1.18. The lowest BCUT2D eigenvalue weighted by Crippen LogP contribution is -2.26. The molecular weight excluding hydrogens is 334 g/mol. The van der Waals surface area contributed by atoms with Crippen molar-refractivity contribution in [2.75, 3.05) is 20.8 Å². The van der Waals surface area contributed by atoms with E-state index in [0.717, 1.165) is 12.8 Å². The highest BCUT2D eigenvalue weighted by Gasteiger charge is 2.36. The maximum absolute atomic E-state index is 12.8. The Balaban J connectivity index is 2.41. The highest BCUT2D eigenvalue weighted by Crippen LogP contribution is 2.31. The molecule has 0 unspecified atom stereocenters. The fraction of sp³-hybridized carbons (Fsp3) is 0.350. The Morgan fingerprint density at radius 1 is 1.08 bits per heavy atom. The molecule has 1 aromatic carbocycles. The number of allylic oxidation sites excluding steroid dienone is 1. The number of carbonyl (C=O) groups is 3. The zero-order valence-electron chi connectivity index (χ0n) is 15.5. The average molecular weight is 357 g/mol. The summed E-state index contributed by atoms with van der Waals surface area (Å²) in [7, 11) is 2.61. The van der Waals surface area contributed by atoms with Crippen LogP contribution >= 0.6 is 0 Å². The first kappa shape index (κ1) is 19.4. The van der Waals surface area contributed by atoms with Crippen LogP contribution in [0.5, 0.6) is 0 Å². The molecule has 26 heavy (non-hydrogen) atoms. The molecule has 1 aliphatic heterocycles. The topological polar surface area (TPSA) is 72.9 Å². The number of ether oxygens (including phenoxy) is 2. The molecule has 1 aromatic rings. The minimum absolute atomic E-state index is 0.214. The molecule has 0 spiro atoms. The molecule has 6 nitrogen and oxygen atoms in total. The number of benzene rings is 1. The van der Waals surface area contributed by atoms with Crippen molar-refractivity contribution < 1.29 is 23.9 Å². The predicted octanol–water partition coefficient (Wildman–Crippen LogP) is 2.95. The Morgan fingerprint density at radius 3 is 2.23 bits per heavy atom. The van der Waals surface area contributed by atoms with E-state index >= 15 is 0 Å². The van der Waals surface area contributed by atoms with E-state index in [-0.39, 0.29) is 11.5 Å². The third-order valence-electron chi connectivity index (χ3n) is 4.28. The molecule has 0 saturated heterocycles. The van der Waals surface area contributed by atoms with Crippen LogP contribution in [0.1, 0.15) is 42.6 Å². The zero-order valence-corrected chi connectivity index (χ0v) is 15.5. The molecule has 0 aliphatic carbocycles. The predicted molar refractivity (Wildman–Crippen MR) is 97.1 cm³/mol. The molecule has 0 N–H and O–H groups in total. The number of hydrogen-bond acceptors (Lipinski definition) is 5. The summed E-state index contributed by atoms with van der Waals surface area (Å²) in [4.78, 5) is 38.2. The Bertz CT molecular complexity index is 774. The highest BCUT2D eigenvalue weighted by atomic mass is 16.5. The summed E-state index contributed by atoms with van der Waals surface area (Å²) in [6.45, 7) is 4.35. The first-order chi connectivity index (χ1) is 12.4. The van der Waals surface area contributed by atoms with E-state index in [1.54, 1.807) is 42.2 Å². The molecule has 0 bridgehead atoms. The fourth-order valence-electron chi connectivity index (χ4n) is 2.81. The van der Waals surface area contributed by atoms with Crippen LogP contribution in [0.25, 0.3) is 6.08 Å². The molecule has 0 fully saturated rings. The number of methoxy groups -OCH3 is 2. The molecule has 6 heteroatoms. The highest BCUT2D eigenvalue weighted by molar-refractivity contribution is 6.16. The average Bonchev–Trinajstić information content (AvgIpc) is 2.89. The maximum atomic E-state index is 12.8. The number of hydrogen-bond donors (Lipinski definition) is 0. The van der Waals surface area contributed by atoms with Crippen LogP contribution in [0.2, 0.25) is 0 Å². The van der Waals surface area contributed by atoms with Crippen molar-refractivity contribution in [1.29, 1.82) is 0 Å². The Labute approximate surface area is 153 Å². The Kier molecular flexibility index (Phi) is 6.33. The van der Waals surface area contributed by atoms with Crippen LogP contribution in [0.3, 0.4) is 0 Å². The molecular formula is C20H23NO5. The second-order valence-electron chi connectivity index (χ2n) is 5.93. The van der Waals surface area contributed by atoms with E-state index in [2.05, 4.69) is 4.74 Å². The lowest BCUT2D eigenvalue weighted by atomic mass is 10.0. The summed E-state index contributed by atoms with van der Waals surface area (Å²) in [5, 5.41) is 0. The van der Waals surface area contributed by atoms with Crippen molar-refractivity contribution in [2.45, 2.75) is 26.7 Å². The van der Waals surface area contributed by atoms with Gasteiger partial charge in [0.15, 0.2) is 0 Å². The molecule has 0 saturated carbocycles. The Hall–Kier alpha value is -2.89. The van der Waals surface area contributed by atoms with E-state index in [9.17, 15) is 14.4 Å². The van der Waals surface area contributed by atoms with Crippen molar-refractivity contribution in [3.8, 4) is 0 Å². The number of nitrogens with zero attached hydrogens (tertiary/aromatic N) is 1. The minimum atomic E-state index is -0.535. The van der Waals surface area contributed by atoms with E-state index in [1.807, 2.05) is 6.92 Å². The van der Waals surface area contributed by atoms with Gasteiger partial charge in [0.05, 0.1) is 30.9 Å². The van der Waals surface area contributed by atoms with Gasteiger partial charge in [0.2, 0.25) is 0 Å². The number of rotatable bonds is 6. The van der Waals surface area contributed by atoms with Gasteiger partial charge in [0, 0.05) is 12.2 Å². The van der Waals surface area contributed by atoms with Gasteiger partial charge in [0.25, 0.3) is 5.91 Å².